The van der Waals surface area contributed by atoms with Crippen LogP contribution in [0.2, 0.25) is 0 Å². The van der Waals surface area contributed by atoms with Crippen LogP contribution < -0.4 is 10.2 Å². The summed E-state index contributed by atoms with van der Waals surface area (Å²) in [5, 5.41) is 4.26. The lowest BCUT2D eigenvalue weighted by Gasteiger charge is -2.30. The highest BCUT2D eigenvalue weighted by atomic mass is 16.1. The summed E-state index contributed by atoms with van der Waals surface area (Å²) in [5.74, 6) is 0.759. The number of para-hydroxylation sites is 2. The van der Waals surface area contributed by atoms with Gasteiger partial charge in [-0.3, -0.25) is 4.79 Å². The maximum atomic E-state index is 12.8. The highest BCUT2D eigenvalue weighted by Gasteiger charge is 2.19. The smallest absolute Gasteiger partial charge is 0.251 e. The third kappa shape index (κ3) is 3.54. The highest BCUT2D eigenvalue weighted by molar-refractivity contribution is 5.95. The molecule has 0 bridgehead atoms. The van der Waals surface area contributed by atoms with Gasteiger partial charge in [0, 0.05) is 47.6 Å². The Kier molecular flexibility index (Phi) is 4.93. The molecule has 30 heavy (non-hydrogen) atoms. The van der Waals surface area contributed by atoms with Crippen LogP contribution in [0.15, 0.2) is 73.1 Å². The van der Waals surface area contributed by atoms with Gasteiger partial charge in [0.05, 0.1) is 0 Å². The third-order valence-electron chi connectivity index (χ3n) is 5.75. The monoisotopic (exact) mass is 396 g/mol. The molecule has 150 valence electrons. The normalized spacial score (nSPS) is 13.3. The maximum absolute atomic E-state index is 12.8. The van der Waals surface area contributed by atoms with Gasteiger partial charge in [0.15, 0.2) is 0 Å². The van der Waals surface area contributed by atoms with Gasteiger partial charge >= 0.3 is 0 Å². The molecule has 0 radical (unpaired) electrons. The van der Waals surface area contributed by atoms with E-state index in [2.05, 4.69) is 56.6 Å². The lowest BCUT2D eigenvalue weighted by Crippen LogP contribution is -2.27. The zero-order chi connectivity index (χ0) is 20.3. The van der Waals surface area contributed by atoms with E-state index in [1.165, 1.54) is 22.2 Å². The van der Waals surface area contributed by atoms with Gasteiger partial charge < -0.3 is 15.2 Å². The molecule has 0 unspecified atom stereocenters. The number of amides is 1. The number of benzene rings is 2. The fourth-order valence-electron chi connectivity index (χ4n) is 4.23. The first kappa shape index (κ1) is 18.4. The topological polar surface area (TPSA) is 61.0 Å². The van der Waals surface area contributed by atoms with Crippen LogP contribution in [0.4, 0.5) is 11.5 Å². The number of hydrogen-bond acceptors (Lipinski definition) is 3. The van der Waals surface area contributed by atoms with E-state index in [1.54, 1.807) is 12.3 Å². The van der Waals surface area contributed by atoms with Crippen molar-refractivity contribution >= 4 is 28.3 Å². The summed E-state index contributed by atoms with van der Waals surface area (Å²) in [6.07, 6.45) is 6.70. The fraction of sp³-hybridized carbons (Fsp3) is 0.200. The maximum Gasteiger partial charge on any atom is 0.251 e. The van der Waals surface area contributed by atoms with Crippen molar-refractivity contribution in [3.63, 3.8) is 0 Å². The number of aromatic amines is 1. The van der Waals surface area contributed by atoms with Gasteiger partial charge in [0.1, 0.15) is 5.82 Å². The molecule has 2 aromatic carbocycles. The molecule has 5 nitrogen and oxygen atoms in total. The molecule has 2 N–H and O–H groups in total. The van der Waals surface area contributed by atoms with Crippen LogP contribution in [0.3, 0.4) is 0 Å². The number of anilines is 2. The number of hydrogen-bond donors (Lipinski definition) is 2. The van der Waals surface area contributed by atoms with Crippen LogP contribution >= 0.6 is 0 Å². The summed E-state index contributed by atoms with van der Waals surface area (Å²) in [6, 6.07) is 20.3. The van der Waals surface area contributed by atoms with Crippen LogP contribution in [-0.4, -0.2) is 29.0 Å². The summed E-state index contributed by atoms with van der Waals surface area (Å²) in [7, 11) is 0. The van der Waals surface area contributed by atoms with Crippen molar-refractivity contribution in [2.24, 2.45) is 0 Å². The van der Waals surface area contributed by atoms with E-state index in [0.717, 1.165) is 37.1 Å². The van der Waals surface area contributed by atoms with E-state index in [4.69, 9.17) is 0 Å². The van der Waals surface area contributed by atoms with Gasteiger partial charge in [-0.2, -0.15) is 0 Å². The average Bonchev–Trinajstić information content (AvgIpc) is 3.22. The zero-order valence-electron chi connectivity index (χ0n) is 16.8. The second-order valence-corrected chi connectivity index (χ2v) is 7.65. The zero-order valence-corrected chi connectivity index (χ0v) is 16.8. The van der Waals surface area contributed by atoms with Crippen LogP contribution in [-0.2, 0) is 12.8 Å². The first-order chi connectivity index (χ1) is 14.8. The number of nitrogens with one attached hydrogen (secondary N) is 2. The summed E-state index contributed by atoms with van der Waals surface area (Å²) in [4.78, 5) is 22.8. The van der Waals surface area contributed by atoms with E-state index in [-0.39, 0.29) is 5.91 Å². The minimum atomic E-state index is -0.0659. The Hall–Kier alpha value is -3.60. The van der Waals surface area contributed by atoms with Crippen LogP contribution in [0, 0.1) is 0 Å². The molecule has 0 atom stereocenters. The number of fused-ring (bicyclic) bond motifs is 2. The molecule has 0 aliphatic carbocycles. The Balaban J connectivity index is 1.28. The predicted molar refractivity (Wildman–Crippen MR) is 120 cm³/mol. The average molecular weight is 396 g/mol. The first-order valence-corrected chi connectivity index (χ1v) is 10.4. The molecule has 0 fully saturated rings. The predicted octanol–water partition coefficient (Wildman–Crippen LogP) is 4.62. The Bertz CT molecular complexity index is 1200. The minimum absolute atomic E-state index is 0.0659. The molecule has 4 aromatic rings. The van der Waals surface area contributed by atoms with E-state index in [0.29, 0.717) is 12.1 Å². The molecule has 0 saturated heterocycles. The van der Waals surface area contributed by atoms with Crippen LogP contribution in [0.25, 0.3) is 10.9 Å². The van der Waals surface area contributed by atoms with Crippen molar-refractivity contribution in [1.29, 1.82) is 0 Å². The Morgan fingerprint density at radius 3 is 2.93 bits per heavy atom. The Morgan fingerprint density at radius 1 is 1.10 bits per heavy atom. The van der Waals surface area contributed by atoms with Gasteiger partial charge in [-0.1, -0.05) is 36.4 Å². The molecule has 5 rings (SSSR count). The van der Waals surface area contributed by atoms with Crippen LogP contribution in [0.1, 0.15) is 27.9 Å². The number of nitrogens with zero attached hydrogens (tertiary/aromatic N) is 2. The molecule has 0 spiro atoms. The Labute approximate surface area is 175 Å². The quantitative estimate of drug-likeness (QED) is 0.517. The molecule has 5 heteroatoms. The first-order valence-electron chi connectivity index (χ1n) is 10.4. The molecule has 0 saturated carbocycles. The van der Waals surface area contributed by atoms with Crippen molar-refractivity contribution in [1.82, 2.24) is 15.3 Å². The van der Waals surface area contributed by atoms with E-state index >= 15 is 0 Å². The SMILES string of the molecule is O=C(NCCc1c[nH]c2ccccc12)c1ccnc(N2CCCc3ccccc32)c1. The number of carbonyl (C=O) groups is 1. The minimum Gasteiger partial charge on any atom is -0.361 e. The van der Waals surface area contributed by atoms with E-state index in [9.17, 15) is 4.79 Å². The number of carbonyl (C=O) groups excluding carboxylic acids is 1. The highest BCUT2D eigenvalue weighted by Crippen LogP contribution is 2.32. The number of rotatable bonds is 5. The number of aryl methyl sites for hydroxylation is 1. The van der Waals surface area contributed by atoms with Crippen molar-refractivity contribution in [2.45, 2.75) is 19.3 Å². The van der Waals surface area contributed by atoms with Crippen molar-refractivity contribution < 1.29 is 4.79 Å². The van der Waals surface area contributed by atoms with Gasteiger partial charge in [-0.15, -0.1) is 0 Å². The summed E-state index contributed by atoms with van der Waals surface area (Å²) in [6.45, 7) is 1.50. The molecule has 2 aromatic heterocycles. The largest absolute Gasteiger partial charge is 0.361 e. The molecule has 3 heterocycles. The van der Waals surface area contributed by atoms with Gasteiger partial charge in [-0.25, -0.2) is 4.98 Å². The third-order valence-corrected chi connectivity index (χ3v) is 5.75. The number of H-pyrrole nitrogens is 1. The second-order valence-electron chi connectivity index (χ2n) is 7.65. The molecule has 1 aliphatic heterocycles. The molecular formula is C25H24N4O. The van der Waals surface area contributed by atoms with Crippen LogP contribution in [0.5, 0.6) is 0 Å². The fourth-order valence-corrected chi connectivity index (χ4v) is 4.23. The standard InChI is InChI=1S/C25H24N4O/c30-25(27-14-12-20-17-28-22-9-3-2-8-21(20)22)19-11-13-26-24(16-19)29-15-5-7-18-6-1-4-10-23(18)29/h1-4,6,8-11,13,16-17,28H,5,7,12,14-15H2,(H,27,30). The van der Waals surface area contributed by atoms with Gasteiger partial charge in [-0.05, 0) is 54.7 Å². The summed E-state index contributed by atoms with van der Waals surface area (Å²) < 4.78 is 0. The molecular weight excluding hydrogens is 372 g/mol. The summed E-state index contributed by atoms with van der Waals surface area (Å²) >= 11 is 0. The van der Waals surface area contributed by atoms with Crippen molar-refractivity contribution in [2.75, 3.05) is 18.0 Å². The summed E-state index contributed by atoms with van der Waals surface area (Å²) in [5.41, 5.74) is 5.50. The van der Waals surface area contributed by atoms with E-state index < -0.39 is 0 Å². The van der Waals surface area contributed by atoms with Crippen molar-refractivity contribution in [3.8, 4) is 0 Å². The number of pyridine rings is 1. The van der Waals surface area contributed by atoms with Gasteiger partial charge in [0.25, 0.3) is 5.91 Å². The van der Waals surface area contributed by atoms with Gasteiger partial charge in [0.2, 0.25) is 0 Å². The van der Waals surface area contributed by atoms with Crippen molar-refractivity contribution in [3.05, 3.63) is 89.7 Å². The number of aromatic nitrogens is 2. The van der Waals surface area contributed by atoms with E-state index in [1.807, 2.05) is 24.4 Å². The second kappa shape index (κ2) is 8.03. The Morgan fingerprint density at radius 2 is 1.97 bits per heavy atom. The lowest BCUT2D eigenvalue weighted by atomic mass is 10.0. The lowest BCUT2D eigenvalue weighted by molar-refractivity contribution is 0.0954. The molecule has 1 aliphatic rings. The molecule has 1 amide bonds.